The van der Waals surface area contributed by atoms with Gasteiger partial charge < -0.3 is 5.32 Å². The Morgan fingerprint density at radius 2 is 2.24 bits per heavy atom. The second-order valence-electron chi connectivity index (χ2n) is 4.09. The van der Waals surface area contributed by atoms with E-state index in [2.05, 4.69) is 18.5 Å². The highest BCUT2D eigenvalue weighted by molar-refractivity contribution is 7.98. The number of hydrogen-bond donors (Lipinski definition) is 1. The summed E-state index contributed by atoms with van der Waals surface area (Å²) in [5.74, 6) is 1.09. The van der Waals surface area contributed by atoms with Crippen LogP contribution < -0.4 is 5.32 Å². The van der Waals surface area contributed by atoms with Crippen LogP contribution in [0.25, 0.3) is 0 Å². The van der Waals surface area contributed by atoms with Crippen LogP contribution in [0.4, 0.5) is 11.4 Å². The van der Waals surface area contributed by atoms with E-state index in [0.717, 1.165) is 17.9 Å². The number of aryl methyl sites for hydroxylation is 1. The van der Waals surface area contributed by atoms with Gasteiger partial charge in [0.05, 0.1) is 4.92 Å². The summed E-state index contributed by atoms with van der Waals surface area (Å²) in [7, 11) is 0. The molecule has 0 aromatic heterocycles. The first-order valence-electron chi connectivity index (χ1n) is 5.55. The second-order valence-corrected chi connectivity index (χ2v) is 5.07. The highest BCUT2D eigenvalue weighted by Gasteiger charge is 2.11. The maximum Gasteiger partial charge on any atom is 0.274 e. The maximum atomic E-state index is 10.8. The van der Waals surface area contributed by atoms with E-state index >= 15 is 0 Å². The standard InChI is InChI=1S/C12H18N2O2S/c1-9-4-5-11(8-12(9)14(15)16)13-10(2)6-7-17-3/h4-5,8,10,13H,6-7H2,1-3H3. The van der Waals surface area contributed by atoms with E-state index in [9.17, 15) is 10.1 Å². The molecule has 0 heterocycles. The van der Waals surface area contributed by atoms with E-state index in [1.54, 1.807) is 30.8 Å². The van der Waals surface area contributed by atoms with Crippen molar-refractivity contribution in [3.05, 3.63) is 33.9 Å². The minimum atomic E-state index is -0.340. The molecule has 4 nitrogen and oxygen atoms in total. The Morgan fingerprint density at radius 1 is 1.53 bits per heavy atom. The lowest BCUT2D eigenvalue weighted by atomic mass is 10.1. The number of nitrogens with zero attached hydrogens (tertiary/aromatic N) is 1. The van der Waals surface area contributed by atoms with Gasteiger partial charge in [-0.15, -0.1) is 0 Å². The minimum absolute atomic E-state index is 0.173. The molecule has 17 heavy (non-hydrogen) atoms. The summed E-state index contributed by atoms with van der Waals surface area (Å²) >= 11 is 1.80. The topological polar surface area (TPSA) is 55.2 Å². The normalized spacial score (nSPS) is 12.2. The van der Waals surface area contributed by atoms with Crippen LogP contribution in [0.1, 0.15) is 18.9 Å². The van der Waals surface area contributed by atoms with E-state index in [0.29, 0.717) is 11.6 Å². The molecule has 0 saturated carbocycles. The van der Waals surface area contributed by atoms with Crippen molar-refractivity contribution >= 4 is 23.1 Å². The third-order valence-corrected chi connectivity index (χ3v) is 3.22. The van der Waals surface area contributed by atoms with Gasteiger partial charge in [0.2, 0.25) is 0 Å². The number of anilines is 1. The summed E-state index contributed by atoms with van der Waals surface area (Å²) in [5, 5.41) is 14.1. The largest absolute Gasteiger partial charge is 0.382 e. The highest BCUT2D eigenvalue weighted by atomic mass is 32.2. The highest BCUT2D eigenvalue weighted by Crippen LogP contribution is 2.23. The first-order chi connectivity index (χ1) is 8.04. The van der Waals surface area contributed by atoms with E-state index in [-0.39, 0.29) is 10.6 Å². The Labute approximate surface area is 106 Å². The number of nitro benzene ring substituents is 1. The van der Waals surface area contributed by atoms with E-state index in [1.165, 1.54) is 0 Å². The third-order valence-electron chi connectivity index (χ3n) is 2.57. The molecule has 5 heteroatoms. The van der Waals surface area contributed by atoms with Gasteiger partial charge in [-0.3, -0.25) is 10.1 Å². The third kappa shape index (κ3) is 4.26. The van der Waals surface area contributed by atoms with Crippen LogP contribution in [-0.2, 0) is 0 Å². The van der Waals surface area contributed by atoms with Gasteiger partial charge in [-0.2, -0.15) is 11.8 Å². The lowest BCUT2D eigenvalue weighted by Crippen LogP contribution is -2.16. The van der Waals surface area contributed by atoms with Crippen molar-refractivity contribution in [1.29, 1.82) is 0 Å². The fraction of sp³-hybridized carbons (Fsp3) is 0.500. The quantitative estimate of drug-likeness (QED) is 0.624. The number of nitro groups is 1. The van der Waals surface area contributed by atoms with Gasteiger partial charge in [0.1, 0.15) is 0 Å². The van der Waals surface area contributed by atoms with Crippen LogP contribution >= 0.6 is 11.8 Å². The molecule has 0 fully saturated rings. The van der Waals surface area contributed by atoms with Gasteiger partial charge in [0, 0.05) is 23.4 Å². The molecule has 0 saturated heterocycles. The summed E-state index contributed by atoms with van der Waals surface area (Å²) in [6.07, 6.45) is 3.12. The average Bonchev–Trinajstić information content (AvgIpc) is 2.28. The van der Waals surface area contributed by atoms with Gasteiger partial charge in [-0.1, -0.05) is 6.07 Å². The number of hydrogen-bond acceptors (Lipinski definition) is 4. The molecule has 0 aliphatic rings. The molecule has 1 aromatic carbocycles. The zero-order chi connectivity index (χ0) is 12.8. The first-order valence-corrected chi connectivity index (χ1v) is 6.94. The zero-order valence-corrected chi connectivity index (χ0v) is 11.2. The minimum Gasteiger partial charge on any atom is -0.382 e. The molecule has 0 amide bonds. The molecule has 94 valence electrons. The second kappa shape index (κ2) is 6.49. The number of benzene rings is 1. The molecular formula is C12H18N2O2S. The Bertz CT molecular complexity index is 396. The summed E-state index contributed by atoms with van der Waals surface area (Å²) < 4.78 is 0. The van der Waals surface area contributed by atoms with Crippen LogP contribution in [-0.4, -0.2) is 23.0 Å². The van der Waals surface area contributed by atoms with E-state index in [4.69, 9.17) is 0 Å². The molecule has 0 aliphatic carbocycles. The van der Waals surface area contributed by atoms with Crippen molar-refractivity contribution in [3.63, 3.8) is 0 Å². The SMILES string of the molecule is CSCCC(C)Nc1ccc(C)c([N+](=O)[O-])c1. The van der Waals surface area contributed by atoms with Gasteiger partial charge in [-0.25, -0.2) is 0 Å². The van der Waals surface area contributed by atoms with Crippen molar-refractivity contribution in [3.8, 4) is 0 Å². The van der Waals surface area contributed by atoms with Gasteiger partial charge in [-0.05, 0) is 38.3 Å². The summed E-state index contributed by atoms with van der Waals surface area (Å²) in [5.41, 5.74) is 1.68. The summed E-state index contributed by atoms with van der Waals surface area (Å²) in [4.78, 5) is 10.5. The number of thioether (sulfide) groups is 1. The smallest absolute Gasteiger partial charge is 0.274 e. The van der Waals surface area contributed by atoms with Crippen LogP contribution in [0.3, 0.4) is 0 Å². The number of nitrogens with one attached hydrogen (secondary N) is 1. The van der Waals surface area contributed by atoms with Crippen LogP contribution in [0.2, 0.25) is 0 Å². The fourth-order valence-electron chi connectivity index (χ4n) is 1.55. The average molecular weight is 254 g/mol. The first kappa shape index (κ1) is 13.8. The van der Waals surface area contributed by atoms with Crippen molar-refractivity contribution in [2.75, 3.05) is 17.3 Å². The van der Waals surface area contributed by atoms with Gasteiger partial charge >= 0.3 is 0 Å². The van der Waals surface area contributed by atoms with Crippen molar-refractivity contribution in [2.24, 2.45) is 0 Å². The molecule has 1 unspecified atom stereocenters. The van der Waals surface area contributed by atoms with E-state index in [1.807, 2.05) is 6.07 Å². The Morgan fingerprint density at radius 3 is 2.82 bits per heavy atom. The van der Waals surface area contributed by atoms with Crippen LogP contribution in [0.15, 0.2) is 18.2 Å². The van der Waals surface area contributed by atoms with Gasteiger partial charge in [0.15, 0.2) is 0 Å². The predicted molar refractivity (Wildman–Crippen MR) is 73.9 cm³/mol. The Hall–Kier alpha value is -1.23. The lowest BCUT2D eigenvalue weighted by molar-refractivity contribution is -0.385. The van der Waals surface area contributed by atoms with E-state index < -0.39 is 0 Å². The number of rotatable bonds is 6. The van der Waals surface area contributed by atoms with Crippen LogP contribution in [0, 0.1) is 17.0 Å². The van der Waals surface area contributed by atoms with Crippen molar-refractivity contribution in [1.82, 2.24) is 0 Å². The van der Waals surface area contributed by atoms with Crippen molar-refractivity contribution < 1.29 is 4.92 Å². The molecule has 1 rings (SSSR count). The molecule has 1 atom stereocenters. The lowest BCUT2D eigenvalue weighted by Gasteiger charge is -2.14. The molecule has 0 spiro atoms. The molecule has 0 radical (unpaired) electrons. The molecule has 1 aromatic rings. The zero-order valence-electron chi connectivity index (χ0n) is 10.4. The Balaban J connectivity index is 2.72. The van der Waals surface area contributed by atoms with Crippen molar-refractivity contribution in [2.45, 2.75) is 26.3 Å². The van der Waals surface area contributed by atoms with Gasteiger partial charge in [0.25, 0.3) is 5.69 Å². The Kier molecular flexibility index (Phi) is 5.28. The fourth-order valence-corrected chi connectivity index (χ4v) is 2.14. The molecule has 1 N–H and O–H groups in total. The predicted octanol–water partition coefficient (Wildman–Crippen LogP) is 3.46. The maximum absolute atomic E-state index is 10.8. The summed E-state index contributed by atoms with van der Waals surface area (Å²) in [6.45, 7) is 3.83. The summed E-state index contributed by atoms with van der Waals surface area (Å²) in [6, 6.07) is 5.59. The molecule has 0 aliphatic heterocycles. The van der Waals surface area contributed by atoms with Crippen LogP contribution in [0.5, 0.6) is 0 Å². The monoisotopic (exact) mass is 254 g/mol. The molecule has 0 bridgehead atoms. The molecular weight excluding hydrogens is 236 g/mol.